The quantitative estimate of drug-likeness (QED) is 0.781. The van der Waals surface area contributed by atoms with Crippen molar-refractivity contribution in [1.29, 1.82) is 0 Å². The number of carbonyl (C=O) groups is 1. The number of amides is 1. The molecule has 1 amide bonds. The summed E-state index contributed by atoms with van der Waals surface area (Å²) in [5.41, 5.74) is 0.663. The second-order valence-electron chi connectivity index (χ2n) is 4.83. The molecule has 0 saturated carbocycles. The molecule has 2 aromatic rings. The van der Waals surface area contributed by atoms with E-state index in [1.807, 2.05) is 20.1 Å². The number of thioether (sulfide) groups is 1. The molecule has 0 unspecified atom stereocenters. The minimum Gasteiger partial charge on any atom is -0.488 e. The van der Waals surface area contributed by atoms with Gasteiger partial charge in [-0.05, 0) is 26.2 Å². The van der Waals surface area contributed by atoms with E-state index in [4.69, 9.17) is 27.9 Å². The van der Waals surface area contributed by atoms with Gasteiger partial charge in [-0.25, -0.2) is 4.98 Å². The first kappa shape index (κ1) is 17.8. The van der Waals surface area contributed by atoms with Crippen LogP contribution in [0.1, 0.15) is 24.2 Å². The van der Waals surface area contributed by atoms with Crippen LogP contribution in [0.15, 0.2) is 29.7 Å². The summed E-state index contributed by atoms with van der Waals surface area (Å²) in [6.07, 6.45) is 6.17. The monoisotopic (exact) mass is 371 g/mol. The highest BCUT2D eigenvalue weighted by Gasteiger charge is 2.15. The molecule has 5 nitrogen and oxygen atoms in total. The molecular formula is C15H15Cl2N3O2S. The Morgan fingerprint density at radius 3 is 2.48 bits per heavy atom. The Hall–Kier alpha value is -1.50. The molecule has 0 radical (unpaired) electrons. The van der Waals surface area contributed by atoms with Crippen LogP contribution in [0.25, 0.3) is 0 Å². The molecule has 122 valence electrons. The van der Waals surface area contributed by atoms with Gasteiger partial charge >= 0.3 is 0 Å². The minimum absolute atomic E-state index is 0.0231. The zero-order valence-corrected chi connectivity index (χ0v) is 15.1. The number of carbonyl (C=O) groups excluding carboxylic acids is 1. The van der Waals surface area contributed by atoms with Crippen LogP contribution in [0, 0.1) is 0 Å². The molecule has 1 N–H and O–H groups in total. The molecule has 2 heterocycles. The van der Waals surface area contributed by atoms with Crippen molar-refractivity contribution in [2.24, 2.45) is 0 Å². The lowest BCUT2D eigenvalue weighted by Gasteiger charge is -2.14. The van der Waals surface area contributed by atoms with Crippen LogP contribution in [0.3, 0.4) is 0 Å². The van der Waals surface area contributed by atoms with Gasteiger partial charge in [0.1, 0.15) is 5.03 Å². The van der Waals surface area contributed by atoms with Gasteiger partial charge in [-0.2, -0.15) is 0 Å². The van der Waals surface area contributed by atoms with E-state index >= 15 is 0 Å². The zero-order chi connectivity index (χ0) is 17.0. The molecule has 0 saturated heterocycles. The third kappa shape index (κ3) is 4.50. The molecule has 2 aromatic heterocycles. The highest BCUT2D eigenvalue weighted by atomic mass is 35.5. The summed E-state index contributed by atoms with van der Waals surface area (Å²) in [6, 6.07) is 1.65. The van der Waals surface area contributed by atoms with Gasteiger partial charge in [0.05, 0.1) is 27.4 Å². The molecule has 0 aliphatic heterocycles. The first-order valence-corrected chi connectivity index (χ1v) is 8.71. The van der Waals surface area contributed by atoms with Crippen LogP contribution in [-0.4, -0.2) is 28.2 Å². The maximum atomic E-state index is 12.4. The van der Waals surface area contributed by atoms with Crippen molar-refractivity contribution in [2.45, 2.75) is 25.0 Å². The average Bonchev–Trinajstić information content (AvgIpc) is 2.50. The van der Waals surface area contributed by atoms with Crippen LogP contribution in [-0.2, 0) is 0 Å². The molecule has 0 bridgehead atoms. The Labute approximate surface area is 148 Å². The first-order chi connectivity index (χ1) is 10.9. The fourth-order valence-electron chi connectivity index (χ4n) is 1.76. The molecule has 0 atom stereocenters. The maximum Gasteiger partial charge on any atom is 0.257 e. The molecule has 0 aliphatic rings. The lowest BCUT2D eigenvalue weighted by atomic mass is 10.2. The number of nitrogens with zero attached hydrogens (tertiary/aromatic N) is 2. The fraction of sp³-hybridized carbons (Fsp3) is 0.267. The van der Waals surface area contributed by atoms with Crippen molar-refractivity contribution in [3.05, 3.63) is 40.3 Å². The molecule has 0 aromatic carbocycles. The summed E-state index contributed by atoms with van der Waals surface area (Å²) in [7, 11) is 0. The van der Waals surface area contributed by atoms with Crippen molar-refractivity contribution in [2.75, 3.05) is 11.6 Å². The standard InChI is InChI=1S/C15H15Cl2N3O2S/c1-8(2)22-12-4-9(5-19-15(12)23-3)14(21)20-13-10(16)6-18-7-11(13)17/h4-8H,1-3H3,(H,18,20,21). The average molecular weight is 372 g/mol. The lowest BCUT2D eigenvalue weighted by Crippen LogP contribution is -2.14. The number of hydrogen-bond donors (Lipinski definition) is 1. The highest BCUT2D eigenvalue weighted by Crippen LogP contribution is 2.30. The van der Waals surface area contributed by atoms with Gasteiger partial charge < -0.3 is 10.1 Å². The molecule has 8 heteroatoms. The van der Waals surface area contributed by atoms with E-state index in [0.29, 0.717) is 17.0 Å². The normalized spacial score (nSPS) is 10.7. The Balaban J connectivity index is 2.29. The summed E-state index contributed by atoms with van der Waals surface area (Å²) in [6.45, 7) is 3.82. The Morgan fingerprint density at radius 1 is 1.26 bits per heavy atom. The molecule has 0 fully saturated rings. The van der Waals surface area contributed by atoms with Crippen LogP contribution in [0.5, 0.6) is 5.75 Å². The van der Waals surface area contributed by atoms with Crippen LogP contribution >= 0.6 is 35.0 Å². The van der Waals surface area contributed by atoms with Gasteiger partial charge in [-0.1, -0.05) is 23.2 Å². The predicted octanol–water partition coefficient (Wildman–Crippen LogP) is 4.54. The number of pyridine rings is 2. The maximum absolute atomic E-state index is 12.4. The second-order valence-corrected chi connectivity index (χ2v) is 6.44. The zero-order valence-electron chi connectivity index (χ0n) is 12.8. The molecule has 2 rings (SSSR count). The van der Waals surface area contributed by atoms with E-state index in [1.54, 1.807) is 6.07 Å². The van der Waals surface area contributed by atoms with Crippen LogP contribution in [0.4, 0.5) is 5.69 Å². The van der Waals surface area contributed by atoms with E-state index in [0.717, 1.165) is 5.03 Å². The van der Waals surface area contributed by atoms with E-state index in [2.05, 4.69) is 15.3 Å². The van der Waals surface area contributed by atoms with Crippen molar-refractivity contribution in [3.63, 3.8) is 0 Å². The molecule has 23 heavy (non-hydrogen) atoms. The number of hydrogen-bond acceptors (Lipinski definition) is 5. The van der Waals surface area contributed by atoms with Gasteiger partial charge in [0.15, 0.2) is 5.75 Å². The van der Waals surface area contributed by atoms with E-state index in [-0.39, 0.29) is 22.1 Å². The number of anilines is 1. The van der Waals surface area contributed by atoms with Gasteiger partial charge in [0.2, 0.25) is 0 Å². The number of nitrogens with one attached hydrogen (secondary N) is 1. The third-order valence-corrected chi connectivity index (χ3v) is 3.99. The topological polar surface area (TPSA) is 64.1 Å². The van der Waals surface area contributed by atoms with Gasteiger partial charge in [0.25, 0.3) is 5.91 Å². The fourth-order valence-corrected chi connectivity index (χ4v) is 2.69. The lowest BCUT2D eigenvalue weighted by molar-refractivity contribution is 0.102. The van der Waals surface area contributed by atoms with Crippen LogP contribution < -0.4 is 10.1 Å². The van der Waals surface area contributed by atoms with Crippen molar-refractivity contribution in [3.8, 4) is 5.75 Å². The summed E-state index contributed by atoms with van der Waals surface area (Å²) in [5.74, 6) is 0.181. The first-order valence-electron chi connectivity index (χ1n) is 6.73. The smallest absolute Gasteiger partial charge is 0.257 e. The summed E-state index contributed by atoms with van der Waals surface area (Å²) in [5, 5.41) is 3.91. The van der Waals surface area contributed by atoms with E-state index in [1.165, 1.54) is 30.4 Å². The SMILES string of the molecule is CSc1ncc(C(=O)Nc2c(Cl)cncc2Cl)cc1OC(C)C. The second kappa shape index (κ2) is 7.86. The van der Waals surface area contributed by atoms with Crippen LogP contribution in [0.2, 0.25) is 10.0 Å². The van der Waals surface area contributed by atoms with Crippen molar-refractivity contribution >= 4 is 46.6 Å². The van der Waals surface area contributed by atoms with Crippen molar-refractivity contribution in [1.82, 2.24) is 9.97 Å². The molecular weight excluding hydrogens is 357 g/mol. The Morgan fingerprint density at radius 2 is 1.91 bits per heavy atom. The molecule has 0 aliphatic carbocycles. The van der Waals surface area contributed by atoms with Gasteiger partial charge in [-0.3, -0.25) is 9.78 Å². The third-order valence-electron chi connectivity index (χ3n) is 2.73. The minimum atomic E-state index is -0.381. The van der Waals surface area contributed by atoms with Crippen molar-refractivity contribution < 1.29 is 9.53 Å². The van der Waals surface area contributed by atoms with Gasteiger partial charge in [-0.15, -0.1) is 11.8 Å². The Bertz CT molecular complexity index is 706. The predicted molar refractivity (Wildman–Crippen MR) is 94.0 cm³/mol. The Kier molecular flexibility index (Phi) is 6.10. The van der Waals surface area contributed by atoms with Gasteiger partial charge in [0, 0.05) is 18.6 Å². The summed E-state index contributed by atoms with van der Waals surface area (Å²) >= 11 is 13.5. The highest BCUT2D eigenvalue weighted by molar-refractivity contribution is 7.98. The molecule has 0 spiro atoms. The van der Waals surface area contributed by atoms with E-state index < -0.39 is 0 Å². The summed E-state index contributed by atoms with van der Waals surface area (Å²) < 4.78 is 5.70. The largest absolute Gasteiger partial charge is 0.488 e. The number of aromatic nitrogens is 2. The summed E-state index contributed by atoms with van der Waals surface area (Å²) in [4.78, 5) is 20.5. The number of halogens is 2. The number of ether oxygens (including phenoxy) is 1. The van der Waals surface area contributed by atoms with E-state index in [9.17, 15) is 4.79 Å². The number of rotatable bonds is 5.